The van der Waals surface area contributed by atoms with E-state index in [-0.39, 0.29) is 36.5 Å². The number of likely N-dealkylation sites (tertiary alicyclic amines) is 1. The monoisotopic (exact) mass is 435 g/mol. The first-order valence-corrected chi connectivity index (χ1v) is 10.5. The lowest BCUT2D eigenvalue weighted by molar-refractivity contribution is -0.137. The second-order valence-corrected chi connectivity index (χ2v) is 8.20. The first-order valence-electron chi connectivity index (χ1n) is 10.5. The Morgan fingerprint density at radius 1 is 1.16 bits per heavy atom. The Morgan fingerprint density at radius 3 is 2.75 bits per heavy atom. The Balaban J connectivity index is 1.47. The topological polar surface area (TPSA) is 121 Å². The van der Waals surface area contributed by atoms with Crippen LogP contribution >= 0.6 is 0 Å². The molecule has 2 aliphatic rings. The summed E-state index contributed by atoms with van der Waals surface area (Å²) >= 11 is 0. The standard InChI is InChI=1S/C23H25N5O4/c1-14(21(31)25-17-6-3-5-16(13-17)15(2)29)28-12-10-23(9-8-19(28)30)26-20-18(22(32)27-23)7-4-11-24-20/h3-7,11,13-14H,8-10,12H2,1-2H3,(H,24,26)(H,25,31)(H,27,32)/t14-,23+/m1/s1. The van der Waals surface area contributed by atoms with E-state index >= 15 is 0 Å². The molecule has 2 aromatic rings. The van der Waals surface area contributed by atoms with Crippen LogP contribution in [0.1, 0.15) is 53.8 Å². The average molecular weight is 435 g/mol. The maximum Gasteiger partial charge on any atom is 0.256 e. The van der Waals surface area contributed by atoms with E-state index in [9.17, 15) is 19.2 Å². The molecule has 3 amide bonds. The van der Waals surface area contributed by atoms with Crippen LogP contribution in [0, 0.1) is 0 Å². The van der Waals surface area contributed by atoms with E-state index in [1.807, 2.05) is 0 Å². The van der Waals surface area contributed by atoms with Gasteiger partial charge in [0, 0.05) is 36.8 Å². The summed E-state index contributed by atoms with van der Waals surface area (Å²) in [6.45, 7) is 3.42. The van der Waals surface area contributed by atoms with Crippen LogP contribution < -0.4 is 16.0 Å². The third-order valence-corrected chi connectivity index (χ3v) is 6.01. The molecule has 0 bridgehead atoms. The number of nitrogens with zero attached hydrogens (tertiary/aromatic N) is 2. The lowest BCUT2D eigenvalue weighted by atomic mass is 9.97. The van der Waals surface area contributed by atoms with Gasteiger partial charge in [0.15, 0.2) is 5.78 Å². The second-order valence-electron chi connectivity index (χ2n) is 8.20. The van der Waals surface area contributed by atoms with Crippen LogP contribution in [0.15, 0.2) is 42.6 Å². The Kier molecular flexibility index (Phi) is 5.65. The zero-order chi connectivity index (χ0) is 22.9. The number of rotatable bonds is 4. The van der Waals surface area contributed by atoms with Crippen molar-refractivity contribution >= 4 is 35.0 Å². The van der Waals surface area contributed by atoms with Crippen molar-refractivity contribution in [2.24, 2.45) is 0 Å². The molecular weight excluding hydrogens is 410 g/mol. The van der Waals surface area contributed by atoms with Gasteiger partial charge in [0.25, 0.3) is 5.91 Å². The molecule has 9 heteroatoms. The first-order chi connectivity index (χ1) is 15.3. The number of nitrogens with one attached hydrogen (secondary N) is 3. The van der Waals surface area contributed by atoms with Crippen molar-refractivity contribution in [1.82, 2.24) is 15.2 Å². The number of Topliss-reactive ketones (excluding diaryl/α,β-unsaturated/α-hetero) is 1. The molecule has 1 aromatic carbocycles. The van der Waals surface area contributed by atoms with E-state index < -0.39 is 11.7 Å². The van der Waals surface area contributed by atoms with Crippen LogP contribution in [0.5, 0.6) is 0 Å². The highest BCUT2D eigenvalue weighted by molar-refractivity contribution is 6.01. The largest absolute Gasteiger partial charge is 0.347 e. The minimum Gasteiger partial charge on any atom is -0.347 e. The second kappa shape index (κ2) is 8.41. The Hall–Kier alpha value is -3.75. The van der Waals surface area contributed by atoms with Gasteiger partial charge in [-0.05, 0) is 44.5 Å². The van der Waals surface area contributed by atoms with Gasteiger partial charge in [-0.1, -0.05) is 12.1 Å². The third-order valence-electron chi connectivity index (χ3n) is 6.01. The van der Waals surface area contributed by atoms with Crippen molar-refractivity contribution < 1.29 is 19.2 Å². The molecule has 3 N–H and O–H groups in total. The lowest BCUT2D eigenvalue weighted by Gasteiger charge is -2.39. The summed E-state index contributed by atoms with van der Waals surface area (Å²) in [5, 5.41) is 9.07. The summed E-state index contributed by atoms with van der Waals surface area (Å²) in [7, 11) is 0. The van der Waals surface area contributed by atoms with Crippen LogP contribution in [0.4, 0.5) is 11.5 Å². The summed E-state index contributed by atoms with van der Waals surface area (Å²) in [5.74, 6) is -0.343. The van der Waals surface area contributed by atoms with Gasteiger partial charge in [-0.3, -0.25) is 19.2 Å². The van der Waals surface area contributed by atoms with Gasteiger partial charge >= 0.3 is 0 Å². The highest BCUT2D eigenvalue weighted by atomic mass is 16.2. The van der Waals surface area contributed by atoms with E-state index in [1.165, 1.54) is 11.8 Å². The highest BCUT2D eigenvalue weighted by Gasteiger charge is 2.42. The predicted octanol–water partition coefficient (Wildman–Crippen LogP) is 2.18. The van der Waals surface area contributed by atoms with Gasteiger partial charge in [0.1, 0.15) is 17.5 Å². The molecule has 32 heavy (non-hydrogen) atoms. The van der Waals surface area contributed by atoms with E-state index in [0.717, 1.165) is 0 Å². The zero-order valence-corrected chi connectivity index (χ0v) is 18.0. The minimum atomic E-state index is -0.797. The summed E-state index contributed by atoms with van der Waals surface area (Å²) in [6, 6.07) is 9.35. The molecule has 2 aliphatic heterocycles. The van der Waals surface area contributed by atoms with Crippen LogP contribution in [0.2, 0.25) is 0 Å². The summed E-state index contributed by atoms with van der Waals surface area (Å²) in [5.41, 5.74) is 0.661. The SMILES string of the molecule is CC(=O)c1cccc(NC(=O)[C@@H](C)N2CC[C@]3(CCC2=O)NC(=O)c2cccnc2N3)c1. The fraction of sp³-hybridized carbons (Fsp3) is 0.348. The number of fused-ring (bicyclic) bond motifs is 1. The molecule has 166 valence electrons. The number of aromatic nitrogens is 1. The maximum atomic E-state index is 12.9. The first kappa shape index (κ1) is 21.5. The average Bonchev–Trinajstić information content (AvgIpc) is 2.92. The normalized spacial score (nSPS) is 21.1. The van der Waals surface area contributed by atoms with Crippen molar-refractivity contribution in [1.29, 1.82) is 0 Å². The molecule has 9 nitrogen and oxygen atoms in total. The molecule has 4 rings (SSSR count). The van der Waals surface area contributed by atoms with Crippen LogP contribution in [-0.4, -0.2) is 51.6 Å². The Morgan fingerprint density at radius 2 is 1.97 bits per heavy atom. The van der Waals surface area contributed by atoms with Gasteiger partial charge in [-0.25, -0.2) is 4.98 Å². The van der Waals surface area contributed by atoms with Gasteiger partial charge in [0.05, 0.1) is 5.56 Å². The van der Waals surface area contributed by atoms with Crippen molar-refractivity contribution in [3.05, 3.63) is 53.7 Å². The van der Waals surface area contributed by atoms with Crippen molar-refractivity contribution in [3.8, 4) is 0 Å². The Bertz CT molecular complexity index is 1100. The minimum absolute atomic E-state index is 0.0970. The zero-order valence-electron chi connectivity index (χ0n) is 18.0. The number of hydrogen-bond acceptors (Lipinski definition) is 6. The molecule has 1 fully saturated rings. The summed E-state index contributed by atoms with van der Waals surface area (Å²) < 4.78 is 0. The molecule has 0 saturated carbocycles. The third kappa shape index (κ3) is 4.18. The fourth-order valence-corrected chi connectivity index (χ4v) is 4.12. The number of ketones is 1. The van der Waals surface area contributed by atoms with Crippen molar-refractivity contribution in [2.75, 3.05) is 17.2 Å². The van der Waals surface area contributed by atoms with Crippen molar-refractivity contribution in [3.63, 3.8) is 0 Å². The van der Waals surface area contributed by atoms with Gasteiger partial charge in [-0.2, -0.15) is 0 Å². The molecule has 3 heterocycles. The molecule has 0 radical (unpaired) electrons. The molecular formula is C23H25N5O4. The fourth-order valence-electron chi connectivity index (χ4n) is 4.12. The smallest absolute Gasteiger partial charge is 0.256 e. The molecule has 0 aliphatic carbocycles. The number of benzene rings is 1. The quantitative estimate of drug-likeness (QED) is 0.633. The predicted molar refractivity (Wildman–Crippen MR) is 118 cm³/mol. The van der Waals surface area contributed by atoms with Crippen LogP contribution in [0.25, 0.3) is 0 Å². The van der Waals surface area contributed by atoms with Gasteiger partial charge in [0.2, 0.25) is 11.8 Å². The summed E-state index contributed by atoms with van der Waals surface area (Å²) in [6.07, 6.45) is 2.60. The number of anilines is 2. The maximum absolute atomic E-state index is 12.9. The highest BCUT2D eigenvalue weighted by Crippen LogP contribution is 2.31. The molecule has 0 unspecified atom stereocenters. The number of pyridine rings is 1. The van der Waals surface area contributed by atoms with Crippen LogP contribution in [-0.2, 0) is 9.59 Å². The van der Waals surface area contributed by atoms with E-state index in [2.05, 4.69) is 20.9 Å². The number of hydrogen-bond donors (Lipinski definition) is 3. The van der Waals surface area contributed by atoms with Gasteiger partial charge < -0.3 is 20.9 Å². The van der Waals surface area contributed by atoms with Crippen molar-refractivity contribution in [2.45, 2.75) is 44.8 Å². The molecule has 1 aromatic heterocycles. The van der Waals surface area contributed by atoms with E-state index in [4.69, 9.17) is 0 Å². The lowest BCUT2D eigenvalue weighted by Crippen LogP contribution is -2.58. The van der Waals surface area contributed by atoms with E-state index in [1.54, 1.807) is 49.5 Å². The van der Waals surface area contributed by atoms with Gasteiger partial charge in [-0.15, -0.1) is 0 Å². The van der Waals surface area contributed by atoms with Crippen LogP contribution in [0.3, 0.4) is 0 Å². The van der Waals surface area contributed by atoms with E-state index in [0.29, 0.717) is 35.5 Å². The molecule has 2 atom stereocenters. The molecule has 1 spiro atoms. The molecule has 1 saturated heterocycles. The Labute approximate surface area is 185 Å². The number of carbonyl (C=O) groups is 4. The number of carbonyl (C=O) groups excluding carboxylic acids is 4. The number of amides is 3. The summed E-state index contributed by atoms with van der Waals surface area (Å²) in [4.78, 5) is 55.7.